The van der Waals surface area contributed by atoms with E-state index < -0.39 is 0 Å². The number of hydrogen-bond donors (Lipinski definition) is 2. The van der Waals surface area contributed by atoms with E-state index in [9.17, 15) is 4.79 Å². The van der Waals surface area contributed by atoms with Gasteiger partial charge in [0.2, 0.25) is 6.41 Å². The summed E-state index contributed by atoms with van der Waals surface area (Å²) in [5.74, 6) is 0. The molecule has 0 atom stereocenters. The van der Waals surface area contributed by atoms with E-state index in [1.54, 1.807) is 0 Å². The van der Waals surface area contributed by atoms with Crippen molar-refractivity contribution in [2.75, 3.05) is 7.05 Å². The standard InChI is InChI=1S/C4H9NO.CH5N/c1-4(2)5-3-6;1-2/h3-4H,1-2H3,(H,5,6);2H2,1H3. The van der Waals surface area contributed by atoms with Gasteiger partial charge in [0.25, 0.3) is 0 Å². The second-order valence-corrected chi connectivity index (χ2v) is 1.44. The number of hydrogen-bond acceptors (Lipinski definition) is 2. The van der Waals surface area contributed by atoms with Gasteiger partial charge in [-0.25, -0.2) is 0 Å². The molecule has 0 saturated carbocycles. The van der Waals surface area contributed by atoms with Crippen molar-refractivity contribution in [2.24, 2.45) is 5.73 Å². The van der Waals surface area contributed by atoms with Crippen LogP contribution in [0.5, 0.6) is 0 Å². The minimum atomic E-state index is 0.280. The molecule has 1 amide bonds. The maximum absolute atomic E-state index is 9.50. The van der Waals surface area contributed by atoms with Crippen LogP contribution in [0.3, 0.4) is 0 Å². The summed E-state index contributed by atoms with van der Waals surface area (Å²) in [4.78, 5) is 9.50. The molecule has 3 nitrogen and oxygen atoms in total. The summed E-state index contributed by atoms with van der Waals surface area (Å²) in [6, 6.07) is 0.280. The molecule has 3 heteroatoms. The first-order valence-corrected chi connectivity index (χ1v) is 2.55. The minimum Gasteiger partial charge on any atom is -0.357 e. The van der Waals surface area contributed by atoms with Crippen LogP contribution < -0.4 is 11.1 Å². The lowest BCUT2D eigenvalue weighted by Gasteiger charge is -1.96. The summed E-state index contributed by atoms with van der Waals surface area (Å²) in [6.45, 7) is 3.82. The summed E-state index contributed by atoms with van der Waals surface area (Å²) < 4.78 is 0. The maximum Gasteiger partial charge on any atom is 0.207 e. The number of nitrogens with two attached hydrogens (primary N) is 1. The van der Waals surface area contributed by atoms with Gasteiger partial charge in [-0.3, -0.25) is 4.79 Å². The fourth-order valence-corrected chi connectivity index (χ4v) is 0.136. The molecule has 0 radical (unpaired) electrons. The monoisotopic (exact) mass is 118 g/mol. The molecule has 0 rings (SSSR count). The topological polar surface area (TPSA) is 55.1 Å². The highest BCUT2D eigenvalue weighted by atomic mass is 16.1. The van der Waals surface area contributed by atoms with Crippen molar-refractivity contribution in [3.05, 3.63) is 0 Å². The molecule has 0 aromatic carbocycles. The fraction of sp³-hybridized carbons (Fsp3) is 0.800. The van der Waals surface area contributed by atoms with Gasteiger partial charge in [0.15, 0.2) is 0 Å². The average Bonchev–Trinajstić information content (AvgIpc) is 1.72. The molecule has 0 bridgehead atoms. The van der Waals surface area contributed by atoms with Gasteiger partial charge in [-0.05, 0) is 20.9 Å². The van der Waals surface area contributed by atoms with E-state index in [4.69, 9.17) is 0 Å². The van der Waals surface area contributed by atoms with Crippen molar-refractivity contribution in [2.45, 2.75) is 19.9 Å². The first kappa shape index (κ1) is 10.4. The SMILES string of the molecule is CC(C)NC=O.CN. The Kier molecular flexibility index (Phi) is 12.6. The van der Waals surface area contributed by atoms with Gasteiger partial charge < -0.3 is 11.1 Å². The molecule has 0 fully saturated rings. The van der Waals surface area contributed by atoms with E-state index in [2.05, 4.69) is 11.1 Å². The number of carbonyl (C=O) groups is 1. The molecular weight excluding hydrogens is 104 g/mol. The quantitative estimate of drug-likeness (QED) is 0.490. The number of nitrogens with one attached hydrogen (secondary N) is 1. The molecule has 0 unspecified atom stereocenters. The fourth-order valence-electron chi connectivity index (χ4n) is 0.136. The predicted octanol–water partition coefficient (Wildman–Crippen LogP) is -0.284. The second kappa shape index (κ2) is 9.66. The van der Waals surface area contributed by atoms with Crippen LogP contribution in [0, 0.1) is 0 Å². The molecule has 0 aliphatic carbocycles. The minimum absolute atomic E-state index is 0.280. The molecule has 3 N–H and O–H groups in total. The molecule has 0 spiro atoms. The summed E-state index contributed by atoms with van der Waals surface area (Å²) >= 11 is 0. The molecule has 8 heavy (non-hydrogen) atoms. The molecule has 0 aromatic heterocycles. The van der Waals surface area contributed by atoms with Gasteiger partial charge in [-0.2, -0.15) is 0 Å². The Hall–Kier alpha value is -0.570. The summed E-state index contributed by atoms with van der Waals surface area (Å²) in [7, 11) is 1.50. The molecule has 0 aromatic rings. The highest BCUT2D eigenvalue weighted by Gasteiger charge is 1.81. The lowest BCUT2D eigenvalue weighted by molar-refractivity contribution is -0.109. The highest BCUT2D eigenvalue weighted by molar-refractivity contribution is 5.46. The van der Waals surface area contributed by atoms with Crippen molar-refractivity contribution in [3.63, 3.8) is 0 Å². The molecule has 0 aliphatic heterocycles. The van der Waals surface area contributed by atoms with Gasteiger partial charge >= 0.3 is 0 Å². The van der Waals surface area contributed by atoms with Crippen LogP contribution in [0.1, 0.15) is 13.8 Å². The van der Waals surface area contributed by atoms with Crippen LogP contribution in [-0.2, 0) is 4.79 Å². The normalized spacial score (nSPS) is 7.12. The smallest absolute Gasteiger partial charge is 0.207 e. The van der Waals surface area contributed by atoms with Crippen molar-refractivity contribution >= 4 is 6.41 Å². The lowest BCUT2D eigenvalue weighted by Crippen LogP contribution is -2.19. The van der Waals surface area contributed by atoms with Crippen LogP contribution in [0.4, 0.5) is 0 Å². The van der Waals surface area contributed by atoms with Crippen molar-refractivity contribution < 1.29 is 4.79 Å². The van der Waals surface area contributed by atoms with E-state index in [1.165, 1.54) is 7.05 Å². The first-order chi connectivity index (χ1) is 3.77. The van der Waals surface area contributed by atoms with Gasteiger partial charge in [0.1, 0.15) is 0 Å². The van der Waals surface area contributed by atoms with Crippen LogP contribution in [-0.4, -0.2) is 19.5 Å². The van der Waals surface area contributed by atoms with E-state index in [1.807, 2.05) is 13.8 Å². The Morgan fingerprint density at radius 1 is 1.50 bits per heavy atom. The molecule has 50 valence electrons. The van der Waals surface area contributed by atoms with Crippen molar-refractivity contribution in [1.29, 1.82) is 0 Å². The van der Waals surface area contributed by atoms with E-state index in [0.717, 1.165) is 0 Å². The van der Waals surface area contributed by atoms with Gasteiger partial charge in [-0.15, -0.1) is 0 Å². The van der Waals surface area contributed by atoms with Crippen molar-refractivity contribution in [1.82, 2.24) is 5.32 Å². The third-order valence-corrected chi connectivity index (χ3v) is 0.401. The highest BCUT2D eigenvalue weighted by Crippen LogP contribution is 1.67. The van der Waals surface area contributed by atoms with Crippen molar-refractivity contribution in [3.8, 4) is 0 Å². The van der Waals surface area contributed by atoms with Crippen LogP contribution in [0.15, 0.2) is 0 Å². The Labute approximate surface area is 50.3 Å². The van der Waals surface area contributed by atoms with Crippen LogP contribution in [0.2, 0.25) is 0 Å². The maximum atomic E-state index is 9.50. The van der Waals surface area contributed by atoms with Gasteiger partial charge in [-0.1, -0.05) is 0 Å². The van der Waals surface area contributed by atoms with Crippen LogP contribution >= 0.6 is 0 Å². The zero-order valence-corrected chi connectivity index (χ0v) is 5.64. The van der Waals surface area contributed by atoms with E-state index in [0.29, 0.717) is 6.41 Å². The lowest BCUT2D eigenvalue weighted by atomic mass is 10.4. The zero-order chi connectivity index (χ0) is 6.99. The Morgan fingerprint density at radius 2 is 1.88 bits per heavy atom. The predicted molar refractivity (Wildman–Crippen MR) is 34.4 cm³/mol. The van der Waals surface area contributed by atoms with Crippen LogP contribution in [0.25, 0.3) is 0 Å². The number of carbonyl (C=O) groups excluding carboxylic acids is 1. The third-order valence-electron chi connectivity index (χ3n) is 0.401. The first-order valence-electron chi connectivity index (χ1n) is 2.55. The average molecular weight is 118 g/mol. The van der Waals surface area contributed by atoms with E-state index in [-0.39, 0.29) is 6.04 Å². The van der Waals surface area contributed by atoms with E-state index >= 15 is 0 Å². The summed E-state index contributed by atoms with van der Waals surface area (Å²) in [5.41, 5.74) is 4.50. The van der Waals surface area contributed by atoms with Gasteiger partial charge in [0, 0.05) is 6.04 Å². The zero-order valence-electron chi connectivity index (χ0n) is 5.64. The number of rotatable bonds is 2. The number of amides is 1. The summed E-state index contributed by atoms with van der Waals surface area (Å²) in [5, 5.41) is 2.53. The molecule has 0 saturated heterocycles. The van der Waals surface area contributed by atoms with Gasteiger partial charge in [0.05, 0.1) is 0 Å². The summed E-state index contributed by atoms with van der Waals surface area (Å²) in [6.07, 6.45) is 0.699. The second-order valence-electron chi connectivity index (χ2n) is 1.44. The Bertz CT molecular complexity index is 45.7. The molecule has 0 aliphatic rings. The Morgan fingerprint density at radius 3 is 1.88 bits per heavy atom. The molecule has 0 heterocycles. The Balaban J connectivity index is 0. The third kappa shape index (κ3) is 18.0. The largest absolute Gasteiger partial charge is 0.357 e. The molecular formula is C5H14N2O.